The van der Waals surface area contributed by atoms with E-state index in [1.54, 1.807) is 0 Å². The van der Waals surface area contributed by atoms with Gasteiger partial charge in [0.05, 0.1) is 5.41 Å². The Bertz CT molecular complexity index is 210. The van der Waals surface area contributed by atoms with Gasteiger partial charge in [-0.05, 0) is 25.7 Å². The monoisotopic (exact) mass is 290 g/mol. The van der Waals surface area contributed by atoms with Crippen molar-refractivity contribution >= 4 is 21.9 Å². The smallest absolute Gasteiger partial charge is 0.309 e. The summed E-state index contributed by atoms with van der Waals surface area (Å²) in [5.74, 6) is -0.548. The molecule has 0 aromatic carbocycles. The van der Waals surface area contributed by atoms with Gasteiger partial charge in [0.2, 0.25) is 0 Å². The number of carboxylic acids is 1. The number of hydrogen-bond acceptors (Lipinski definition) is 1. The molecule has 1 aliphatic carbocycles. The minimum atomic E-state index is -0.548. The van der Waals surface area contributed by atoms with E-state index in [0.29, 0.717) is 0 Å². The van der Waals surface area contributed by atoms with Gasteiger partial charge in [-0.25, -0.2) is 0 Å². The first-order valence-electron chi connectivity index (χ1n) is 6.51. The van der Waals surface area contributed by atoms with E-state index in [0.717, 1.165) is 43.9 Å². The molecule has 0 heterocycles. The molecule has 1 aliphatic rings. The van der Waals surface area contributed by atoms with Crippen LogP contribution in [0, 0.1) is 5.41 Å². The van der Waals surface area contributed by atoms with Crippen LogP contribution in [-0.2, 0) is 4.79 Å². The number of aliphatic carboxylic acids is 1. The normalized spacial score (nSPS) is 19.6. The highest BCUT2D eigenvalue weighted by molar-refractivity contribution is 9.09. The van der Waals surface area contributed by atoms with Crippen molar-refractivity contribution in [1.82, 2.24) is 0 Å². The molecule has 0 bridgehead atoms. The Morgan fingerprint density at radius 3 is 2.25 bits per heavy atom. The molecular formula is C13H23BrO2. The standard InChI is InChI=1S/C13H23BrO2/c14-11-7-2-1-4-8-13(12(15)16)9-5-3-6-10-13/h1-11H2,(H,15,16). The molecule has 3 heteroatoms. The molecule has 0 spiro atoms. The predicted octanol–water partition coefficient (Wildman–Crippen LogP) is 4.37. The molecule has 1 rings (SSSR count). The van der Waals surface area contributed by atoms with Gasteiger partial charge in [0.25, 0.3) is 0 Å². The van der Waals surface area contributed by atoms with E-state index in [4.69, 9.17) is 0 Å². The van der Waals surface area contributed by atoms with Crippen molar-refractivity contribution in [1.29, 1.82) is 0 Å². The average Bonchev–Trinajstić information content (AvgIpc) is 2.30. The second-order valence-corrected chi connectivity index (χ2v) is 5.79. The Labute approximate surface area is 107 Å². The topological polar surface area (TPSA) is 37.3 Å². The van der Waals surface area contributed by atoms with Crippen LogP contribution in [0.5, 0.6) is 0 Å². The SMILES string of the molecule is O=C(O)C1(CCCCCCBr)CCCCC1. The van der Waals surface area contributed by atoms with Crippen LogP contribution in [0.15, 0.2) is 0 Å². The van der Waals surface area contributed by atoms with E-state index in [9.17, 15) is 9.90 Å². The summed E-state index contributed by atoms with van der Waals surface area (Å²) in [6.45, 7) is 0. The summed E-state index contributed by atoms with van der Waals surface area (Å²) < 4.78 is 0. The molecule has 0 aliphatic heterocycles. The molecule has 0 unspecified atom stereocenters. The first-order chi connectivity index (χ1) is 7.71. The van der Waals surface area contributed by atoms with Crippen LogP contribution in [0.2, 0.25) is 0 Å². The first kappa shape index (κ1) is 14.0. The van der Waals surface area contributed by atoms with E-state index in [1.807, 2.05) is 0 Å². The molecule has 94 valence electrons. The van der Waals surface area contributed by atoms with Gasteiger partial charge in [-0.2, -0.15) is 0 Å². The second kappa shape index (κ2) is 7.31. The third kappa shape index (κ3) is 4.08. The fourth-order valence-electron chi connectivity index (χ4n) is 2.71. The third-order valence-electron chi connectivity index (χ3n) is 3.80. The molecule has 0 radical (unpaired) electrons. The zero-order chi connectivity index (χ0) is 11.9. The maximum Gasteiger partial charge on any atom is 0.309 e. The van der Waals surface area contributed by atoms with Gasteiger partial charge in [-0.15, -0.1) is 0 Å². The number of carboxylic acid groups (broad SMARTS) is 1. The molecule has 0 amide bonds. The van der Waals surface area contributed by atoms with Crippen molar-refractivity contribution in [2.45, 2.75) is 64.2 Å². The summed E-state index contributed by atoms with van der Waals surface area (Å²) in [5, 5.41) is 10.5. The number of rotatable bonds is 7. The van der Waals surface area contributed by atoms with Crippen LogP contribution in [0.25, 0.3) is 0 Å². The average molecular weight is 291 g/mol. The van der Waals surface area contributed by atoms with Gasteiger partial charge in [0, 0.05) is 5.33 Å². The van der Waals surface area contributed by atoms with Crippen molar-refractivity contribution in [2.24, 2.45) is 5.41 Å². The molecule has 0 atom stereocenters. The molecule has 0 saturated heterocycles. The van der Waals surface area contributed by atoms with Gasteiger partial charge in [0.15, 0.2) is 0 Å². The van der Waals surface area contributed by atoms with Crippen molar-refractivity contribution in [3.05, 3.63) is 0 Å². The summed E-state index contributed by atoms with van der Waals surface area (Å²) in [6, 6.07) is 0. The molecular weight excluding hydrogens is 268 g/mol. The largest absolute Gasteiger partial charge is 0.481 e. The highest BCUT2D eigenvalue weighted by atomic mass is 79.9. The van der Waals surface area contributed by atoms with Crippen LogP contribution in [0.4, 0.5) is 0 Å². The number of alkyl halides is 1. The fourth-order valence-corrected chi connectivity index (χ4v) is 3.11. The summed E-state index contributed by atoms with van der Waals surface area (Å²) in [4.78, 5) is 11.4. The predicted molar refractivity (Wildman–Crippen MR) is 70.0 cm³/mol. The van der Waals surface area contributed by atoms with E-state index < -0.39 is 5.97 Å². The zero-order valence-corrected chi connectivity index (χ0v) is 11.6. The van der Waals surface area contributed by atoms with Gasteiger partial charge in [-0.1, -0.05) is 54.5 Å². The fraction of sp³-hybridized carbons (Fsp3) is 0.923. The van der Waals surface area contributed by atoms with Gasteiger partial charge in [0.1, 0.15) is 0 Å². The summed E-state index contributed by atoms with van der Waals surface area (Å²) in [7, 11) is 0. The molecule has 2 nitrogen and oxygen atoms in total. The van der Waals surface area contributed by atoms with Crippen LogP contribution >= 0.6 is 15.9 Å². The van der Waals surface area contributed by atoms with Crippen molar-refractivity contribution in [3.8, 4) is 0 Å². The van der Waals surface area contributed by atoms with Crippen molar-refractivity contribution in [2.75, 3.05) is 5.33 Å². The Morgan fingerprint density at radius 1 is 1.06 bits per heavy atom. The van der Waals surface area contributed by atoms with E-state index in [-0.39, 0.29) is 5.41 Å². The van der Waals surface area contributed by atoms with Crippen LogP contribution in [0.3, 0.4) is 0 Å². The summed E-state index contributed by atoms with van der Waals surface area (Å²) >= 11 is 3.42. The Kier molecular flexibility index (Phi) is 6.40. The maximum absolute atomic E-state index is 11.4. The first-order valence-corrected chi connectivity index (χ1v) is 7.63. The zero-order valence-electron chi connectivity index (χ0n) is 10.0. The number of halogens is 1. The number of unbranched alkanes of at least 4 members (excludes halogenated alkanes) is 3. The lowest BCUT2D eigenvalue weighted by atomic mass is 9.71. The van der Waals surface area contributed by atoms with E-state index in [2.05, 4.69) is 15.9 Å². The van der Waals surface area contributed by atoms with Crippen LogP contribution in [-0.4, -0.2) is 16.4 Å². The van der Waals surface area contributed by atoms with Crippen molar-refractivity contribution in [3.63, 3.8) is 0 Å². The molecule has 16 heavy (non-hydrogen) atoms. The quantitative estimate of drug-likeness (QED) is 0.558. The molecule has 1 fully saturated rings. The maximum atomic E-state index is 11.4. The van der Waals surface area contributed by atoms with E-state index >= 15 is 0 Å². The third-order valence-corrected chi connectivity index (χ3v) is 4.36. The highest BCUT2D eigenvalue weighted by Gasteiger charge is 2.38. The highest BCUT2D eigenvalue weighted by Crippen LogP contribution is 2.40. The summed E-state index contributed by atoms with van der Waals surface area (Å²) in [5.41, 5.74) is -0.368. The lowest BCUT2D eigenvalue weighted by molar-refractivity contribution is -0.151. The van der Waals surface area contributed by atoms with Crippen molar-refractivity contribution < 1.29 is 9.90 Å². The molecule has 1 N–H and O–H groups in total. The Balaban J connectivity index is 2.30. The van der Waals surface area contributed by atoms with Crippen LogP contribution in [0.1, 0.15) is 64.2 Å². The minimum absolute atomic E-state index is 0.368. The number of hydrogen-bond donors (Lipinski definition) is 1. The van der Waals surface area contributed by atoms with Crippen LogP contribution < -0.4 is 0 Å². The molecule has 0 aromatic heterocycles. The second-order valence-electron chi connectivity index (χ2n) is 5.00. The van der Waals surface area contributed by atoms with Gasteiger partial charge >= 0.3 is 5.97 Å². The Morgan fingerprint density at radius 2 is 1.69 bits per heavy atom. The lowest BCUT2D eigenvalue weighted by Gasteiger charge is -2.33. The number of carbonyl (C=O) groups is 1. The van der Waals surface area contributed by atoms with E-state index in [1.165, 1.54) is 25.7 Å². The molecule has 1 saturated carbocycles. The lowest BCUT2D eigenvalue weighted by Crippen LogP contribution is -2.33. The Hall–Kier alpha value is -0.0500. The minimum Gasteiger partial charge on any atom is -0.481 e. The molecule has 0 aromatic rings. The summed E-state index contributed by atoms with van der Waals surface area (Å²) in [6.07, 6.45) is 10.8. The van der Waals surface area contributed by atoms with Gasteiger partial charge < -0.3 is 5.11 Å². The van der Waals surface area contributed by atoms with Gasteiger partial charge in [-0.3, -0.25) is 4.79 Å².